The minimum absolute atomic E-state index is 0.0118. The molecule has 0 radical (unpaired) electrons. The fraction of sp³-hybridized carbons (Fsp3) is 0.150. The molecule has 0 fully saturated rings. The number of aryl methyl sites for hydroxylation is 1. The van der Waals surface area contributed by atoms with E-state index in [0.29, 0.717) is 40.3 Å². The van der Waals surface area contributed by atoms with Gasteiger partial charge in [-0.25, -0.2) is 19.0 Å². The van der Waals surface area contributed by atoms with Crippen LogP contribution in [0.5, 0.6) is 0 Å². The zero-order valence-corrected chi connectivity index (χ0v) is 16.8. The van der Waals surface area contributed by atoms with Gasteiger partial charge in [0.15, 0.2) is 0 Å². The Morgan fingerprint density at radius 2 is 1.79 bits per heavy atom. The van der Waals surface area contributed by atoms with Gasteiger partial charge in [-0.05, 0) is 30.2 Å². The molecule has 0 aliphatic heterocycles. The largest absolute Gasteiger partial charge is 0.468 e. The van der Waals surface area contributed by atoms with E-state index in [-0.39, 0.29) is 11.3 Å². The molecule has 4 N–H and O–H groups in total. The van der Waals surface area contributed by atoms with E-state index in [4.69, 9.17) is 26.4 Å². The van der Waals surface area contributed by atoms with Crippen LogP contribution in [0.25, 0.3) is 22.3 Å². The van der Waals surface area contributed by atoms with Crippen molar-refractivity contribution in [3.63, 3.8) is 0 Å². The van der Waals surface area contributed by atoms with Crippen LogP contribution in [0, 0.1) is 0 Å². The highest BCUT2D eigenvalue weighted by molar-refractivity contribution is 7.89. The Hall–Kier alpha value is -2.65. The Morgan fingerprint density at radius 1 is 1.10 bits per heavy atom. The second-order valence-electron chi connectivity index (χ2n) is 6.38. The number of primary sulfonamides is 1. The highest BCUT2D eigenvalue weighted by Crippen LogP contribution is 2.40. The smallest absolute Gasteiger partial charge is 0.243 e. The van der Waals surface area contributed by atoms with E-state index in [1.165, 1.54) is 12.3 Å². The maximum absolute atomic E-state index is 12.1. The second-order valence-corrected chi connectivity index (χ2v) is 8.35. The van der Waals surface area contributed by atoms with Crippen molar-refractivity contribution in [1.82, 2.24) is 5.48 Å². The first-order valence-corrected chi connectivity index (χ1v) is 10.6. The zero-order valence-electron chi connectivity index (χ0n) is 15.3. The van der Waals surface area contributed by atoms with Gasteiger partial charge in [0.1, 0.15) is 5.76 Å². The standard InChI is InChI=1S/C20H19ClN2O5S/c21-14-10-8-13(9-11-14)20-16(12-28-17(20)5-3-7-19(24)23-25)15-4-1-2-6-18(15)29(22,26)27/h1-2,4,6,8-12,25H,3,5,7H2,(H,23,24)(H2,22,26,27). The molecule has 0 spiro atoms. The van der Waals surface area contributed by atoms with Gasteiger partial charge in [0.25, 0.3) is 0 Å². The third kappa shape index (κ3) is 4.86. The lowest BCUT2D eigenvalue weighted by Gasteiger charge is -2.10. The van der Waals surface area contributed by atoms with Crippen LogP contribution in [-0.4, -0.2) is 19.5 Å². The number of furan rings is 1. The summed E-state index contributed by atoms with van der Waals surface area (Å²) in [5.74, 6) is 0.0849. The molecular formula is C20H19ClN2O5S. The first-order chi connectivity index (χ1) is 13.8. The summed E-state index contributed by atoms with van der Waals surface area (Å²) in [7, 11) is -3.95. The number of nitrogens with one attached hydrogen (secondary N) is 1. The van der Waals surface area contributed by atoms with E-state index in [0.717, 1.165) is 5.56 Å². The van der Waals surface area contributed by atoms with Crippen LogP contribution in [0.2, 0.25) is 5.02 Å². The summed E-state index contributed by atoms with van der Waals surface area (Å²) < 4.78 is 29.9. The van der Waals surface area contributed by atoms with Crippen LogP contribution in [-0.2, 0) is 21.2 Å². The molecule has 0 aliphatic rings. The molecule has 152 valence electrons. The summed E-state index contributed by atoms with van der Waals surface area (Å²) in [6.45, 7) is 0. The summed E-state index contributed by atoms with van der Waals surface area (Å²) >= 11 is 6.00. The van der Waals surface area contributed by atoms with E-state index in [1.54, 1.807) is 47.9 Å². The average Bonchev–Trinajstić information content (AvgIpc) is 3.11. The van der Waals surface area contributed by atoms with Gasteiger partial charge >= 0.3 is 0 Å². The van der Waals surface area contributed by atoms with E-state index in [1.807, 2.05) is 0 Å². The van der Waals surface area contributed by atoms with Crippen LogP contribution < -0.4 is 10.6 Å². The van der Waals surface area contributed by atoms with Crippen molar-refractivity contribution in [1.29, 1.82) is 0 Å². The van der Waals surface area contributed by atoms with Crippen LogP contribution >= 0.6 is 11.6 Å². The lowest BCUT2D eigenvalue weighted by atomic mass is 9.95. The van der Waals surface area contributed by atoms with Gasteiger partial charge in [0.05, 0.1) is 11.2 Å². The van der Waals surface area contributed by atoms with Crippen molar-refractivity contribution >= 4 is 27.5 Å². The Kier molecular flexibility index (Phi) is 6.39. The number of rotatable bonds is 7. The lowest BCUT2D eigenvalue weighted by molar-refractivity contribution is -0.129. The Balaban J connectivity index is 2.11. The van der Waals surface area contributed by atoms with Gasteiger partial charge < -0.3 is 4.42 Å². The molecule has 0 unspecified atom stereocenters. The summed E-state index contributed by atoms with van der Waals surface area (Å²) in [4.78, 5) is 11.3. The Bertz CT molecular complexity index is 1120. The van der Waals surface area contributed by atoms with Crippen LogP contribution in [0.1, 0.15) is 18.6 Å². The number of amides is 1. The van der Waals surface area contributed by atoms with Crippen LogP contribution in [0.4, 0.5) is 0 Å². The summed E-state index contributed by atoms with van der Waals surface area (Å²) in [6, 6.07) is 13.5. The third-order valence-electron chi connectivity index (χ3n) is 4.42. The number of hydroxylamine groups is 1. The van der Waals surface area contributed by atoms with Gasteiger partial charge in [0, 0.05) is 34.6 Å². The molecule has 3 rings (SSSR count). The molecule has 29 heavy (non-hydrogen) atoms. The third-order valence-corrected chi connectivity index (χ3v) is 5.64. The number of halogens is 1. The van der Waals surface area contributed by atoms with Crippen LogP contribution in [0.3, 0.4) is 0 Å². The monoisotopic (exact) mass is 434 g/mol. The quantitative estimate of drug-likeness (QED) is 0.386. The van der Waals surface area contributed by atoms with Crippen molar-refractivity contribution in [3.05, 3.63) is 65.6 Å². The number of carbonyl (C=O) groups is 1. The van der Waals surface area contributed by atoms with Gasteiger partial charge in [-0.1, -0.05) is 41.9 Å². The van der Waals surface area contributed by atoms with E-state index < -0.39 is 15.9 Å². The van der Waals surface area contributed by atoms with Crippen LogP contribution in [0.15, 0.2) is 64.1 Å². The molecule has 2 aromatic carbocycles. The number of carbonyl (C=O) groups excluding carboxylic acids is 1. The molecule has 0 bridgehead atoms. The minimum Gasteiger partial charge on any atom is -0.468 e. The molecule has 7 nitrogen and oxygen atoms in total. The predicted octanol–water partition coefficient (Wildman–Crippen LogP) is 3.74. The first kappa shape index (κ1) is 21.1. The Morgan fingerprint density at radius 3 is 2.45 bits per heavy atom. The average molecular weight is 435 g/mol. The number of hydrogen-bond donors (Lipinski definition) is 3. The van der Waals surface area contributed by atoms with Gasteiger partial charge in [-0.3, -0.25) is 10.0 Å². The predicted molar refractivity (Wildman–Crippen MR) is 109 cm³/mol. The number of nitrogens with two attached hydrogens (primary N) is 1. The number of hydrogen-bond acceptors (Lipinski definition) is 5. The molecule has 0 saturated heterocycles. The normalized spacial score (nSPS) is 11.4. The lowest BCUT2D eigenvalue weighted by Crippen LogP contribution is -2.18. The van der Waals surface area contributed by atoms with Gasteiger partial charge in [0.2, 0.25) is 15.9 Å². The summed E-state index contributed by atoms with van der Waals surface area (Å²) in [5, 5.41) is 14.6. The first-order valence-electron chi connectivity index (χ1n) is 8.72. The van der Waals surface area contributed by atoms with Crippen molar-refractivity contribution in [2.24, 2.45) is 5.14 Å². The summed E-state index contributed by atoms with van der Waals surface area (Å²) in [6.07, 6.45) is 2.43. The molecule has 9 heteroatoms. The second kappa shape index (κ2) is 8.79. The van der Waals surface area contributed by atoms with Gasteiger partial charge in [-0.15, -0.1) is 0 Å². The van der Waals surface area contributed by atoms with E-state index in [2.05, 4.69) is 0 Å². The molecule has 0 saturated carbocycles. The maximum Gasteiger partial charge on any atom is 0.243 e. The Labute approximate surface area is 173 Å². The van der Waals surface area contributed by atoms with E-state index in [9.17, 15) is 13.2 Å². The van der Waals surface area contributed by atoms with Crippen molar-refractivity contribution in [3.8, 4) is 22.3 Å². The van der Waals surface area contributed by atoms with E-state index >= 15 is 0 Å². The molecular weight excluding hydrogens is 416 g/mol. The van der Waals surface area contributed by atoms with Crippen molar-refractivity contribution < 1.29 is 22.8 Å². The molecule has 1 heterocycles. The molecule has 0 atom stereocenters. The van der Waals surface area contributed by atoms with Gasteiger partial charge in [-0.2, -0.15) is 0 Å². The highest BCUT2D eigenvalue weighted by atomic mass is 35.5. The summed E-state index contributed by atoms with van der Waals surface area (Å²) in [5.41, 5.74) is 4.06. The SMILES string of the molecule is NS(=O)(=O)c1ccccc1-c1coc(CCCC(=O)NO)c1-c1ccc(Cl)cc1. The highest BCUT2D eigenvalue weighted by Gasteiger charge is 2.22. The molecule has 0 aliphatic carbocycles. The van der Waals surface area contributed by atoms with Crippen molar-refractivity contribution in [2.45, 2.75) is 24.2 Å². The zero-order chi connectivity index (χ0) is 21.0. The number of sulfonamides is 1. The molecule has 1 aromatic heterocycles. The topological polar surface area (TPSA) is 123 Å². The van der Waals surface area contributed by atoms with Crippen molar-refractivity contribution in [2.75, 3.05) is 0 Å². The fourth-order valence-corrected chi connectivity index (χ4v) is 3.99. The molecule has 1 amide bonds. The minimum atomic E-state index is -3.95. The number of benzene rings is 2. The molecule has 3 aromatic rings. The maximum atomic E-state index is 12.1. The fourth-order valence-electron chi connectivity index (χ4n) is 3.12.